The van der Waals surface area contributed by atoms with Gasteiger partial charge in [0.15, 0.2) is 0 Å². The first kappa shape index (κ1) is 14.1. The summed E-state index contributed by atoms with van der Waals surface area (Å²) in [7, 11) is 0. The number of aryl methyl sites for hydroxylation is 1. The molecule has 0 saturated carbocycles. The highest BCUT2D eigenvalue weighted by Crippen LogP contribution is 2.21. The van der Waals surface area contributed by atoms with Crippen molar-refractivity contribution in [2.45, 2.75) is 6.92 Å². The molecular weight excluding hydrogens is 306 g/mol. The van der Waals surface area contributed by atoms with Gasteiger partial charge in [0.25, 0.3) is 5.95 Å². The minimum absolute atomic E-state index is 0.395. The molecule has 0 spiro atoms. The van der Waals surface area contributed by atoms with Gasteiger partial charge in [0.1, 0.15) is 17.8 Å². The lowest BCUT2D eigenvalue weighted by molar-refractivity contribution is 0.422. The van der Waals surface area contributed by atoms with Gasteiger partial charge in [-0.25, -0.2) is 15.0 Å². The van der Waals surface area contributed by atoms with E-state index in [0.29, 0.717) is 34.5 Å². The number of hydrogen-bond acceptors (Lipinski definition) is 7. The van der Waals surface area contributed by atoms with E-state index in [1.54, 1.807) is 24.5 Å². The van der Waals surface area contributed by atoms with Gasteiger partial charge in [-0.1, -0.05) is 11.2 Å². The number of nitrogens with two attached hydrogens (primary N) is 1. The Labute approximate surface area is 137 Å². The van der Waals surface area contributed by atoms with E-state index in [2.05, 4.69) is 25.2 Å². The van der Waals surface area contributed by atoms with E-state index in [1.807, 2.05) is 25.1 Å². The Bertz CT molecular complexity index is 991. The third-order valence-electron chi connectivity index (χ3n) is 3.54. The lowest BCUT2D eigenvalue weighted by Gasteiger charge is -2.06. The van der Waals surface area contributed by atoms with Gasteiger partial charge in [-0.15, -0.1) is 0 Å². The van der Waals surface area contributed by atoms with Crippen molar-refractivity contribution in [3.63, 3.8) is 0 Å². The predicted molar refractivity (Wildman–Crippen MR) is 87.0 cm³/mol. The molecule has 0 unspecified atom stereocenters. The number of aromatic nitrogens is 6. The Kier molecular flexibility index (Phi) is 3.27. The van der Waals surface area contributed by atoms with Crippen LogP contribution >= 0.6 is 0 Å². The molecule has 0 bridgehead atoms. The second-order valence-electron chi connectivity index (χ2n) is 5.16. The fourth-order valence-electron chi connectivity index (χ4n) is 2.26. The Hall–Kier alpha value is -3.55. The highest BCUT2D eigenvalue weighted by Gasteiger charge is 2.11. The van der Waals surface area contributed by atoms with Crippen LogP contribution in [0.5, 0.6) is 0 Å². The van der Waals surface area contributed by atoms with Crippen LogP contribution in [0, 0.1) is 6.92 Å². The monoisotopic (exact) mass is 319 g/mol. The van der Waals surface area contributed by atoms with Gasteiger partial charge in [0.05, 0.1) is 23.3 Å². The standard InChI is InChI=1S/C16H13N7O/c1-10-9-19-23(15(10)17)16-18-7-5-13(21-16)11-3-2-4-12(20-11)14-6-8-24-22-14/h2-9H,17H2,1H3. The molecule has 0 atom stereocenters. The van der Waals surface area contributed by atoms with E-state index in [-0.39, 0.29) is 0 Å². The Balaban J connectivity index is 1.77. The molecule has 4 aromatic rings. The summed E-state index contributed by atoms with van der Waals surface area (Å²) in [5, 5.41) is 8.10. The SMILES string of the molecule is Cc1cnn(-c2nccc(-c3cccc(-c4ccon4)n3)n2)c1N. The van der Waals surface area contributed by atoms with E-state index in [4.69, 9.17) is 10.3 Å². The summed E-state index contributed by atoms with van der Waals surface area (Å²) in [5.41, 5.74) is 9.60. The summed E-state index contributed by atoms with van der Waals surface area (Å²) >= 11 is 0. The zero-order valence-corrected chi connectivity index (χ0v) is 12.8. The highest BCUT2D eigenvalue weighted by atomic mass is 16.5. The zero-order valence-electron chi connectivity index (χ0n) is 12.8. The zero-order chi connectivity index (χ0) is 16.5. The van der Waals surface area contributed by atoms with Crippen molar-refractivity contribution in [2.75, 3.05) is 5.73 Å². The molecular formula is C16H13N7O. The van der Waals surface area contributed by atoms with Gasteiger partial charge in [0, 0.05) is 17.8 Å². The predicted octanol–water partition coefficient (Wildman–Crippen LogP) is 2.27. The number of hydrogen-bond donors (Lipinski definition) is 1. The third-order valence-corrected chi connectivity index (χ3v) is 3.54. The highest BCUT2D eigenvalue weighted by molar-refractivity contribution is 5.61. The van der Waals surface area contributed by atoms with Gasteiger partial charge in [-0.2, -0.15) is 9.78 Å². The summed E-state index contributed by atoms with van der Waals surface area (Å²) < 4.78 is 6.37. The molecule has 0 amide bonds. The van der Waals surface area contributed by atoms with E-state index in [1.165, 1.54) is 10.9 Å². The van der Waals surface area contributed by atoms with Crippen molar-refractivity contribution in [3.8, 4) is 28.7 Å². The van der Waals surface area contributed by atoms with Gasteiger partial charge in [-0.05, 0) is 25.1 Å². The summed E-state index contributed by atoms with van der Waals surface area (Å²) in [5.74, 6) is 0.906. The van der Waals surface area contributed by atoms with Gasteiger partial charge < -0.3 is 10.3 Å². The fraction of sp³-hybridized carbons (Fsp3) is 0.0625. The first-order valence-corrected chi connectivity index (χ1v) is 7.24. The average Bonchev–Trinajstić information content (AvgIpc) is 3.27. The van der Waals surface area contributed by atoms with Crippen molar-refractivity contribution < 1.29 is 4.52 Å². The fourth-order valence-corrected chi connectivity index (χ4v) is 2.26. The van der Waals surface area contributed by atoms with Crippen molar-refractivity contribution in [1.82, 2.24) is 29.9 Å². The number of nitrogen functional groups attached to an aromatic ring is 1. The van der Waals surface area contributed by atoms with Crippen molar-refractivity contribution >= 4 is 5.82 Å². The minimum atomic E-state index is 0.395. The minimum Gasteiger partial charge on any atom is -0.383 e. The summed E-state index contributed by atoms with van der Waals surface area (Å²) in [6.45, 7) is 1.88. The lowest BCUT2D eigenvalue weighted by Crippen LogP contribution is -2.07. The maximum Gasteiger partial charge on any atom is 0.253 e. The van der Waals surface area contributed by atoms with Crippen LogP contribution in [0.15, 0.2) is 53.5 Å². The van der Waals surface area contributed by atoms with E-state index in [9.17, 15) is 0 Å². The lowest BCUT2D eigenvalue weighted by atomic mass is 10.2. The molecule has 0 aliphatic heterocycles. The first-order valence-electron chi connectivity index (χ1n) is 7.24. The molecule has 0 aliphatic carbocycles. The van der Waals surface area contributed by atoms with Gasteiger partial charge in [-0.3, -0.25) is 0 Å². The molecule has 4 rings (SSSR count). The molecule has 2 N–H and O–H groups in total. The second-order valence-corrected chi connectivity index (χ2v) is 5.16. The summed E-state index contributed by atoms with van der Waals surface area (Å²) in [6.07, 6.45) is 4.84. The van der Waals surface area contributed by atoms with E-state index >= 15 is 0 Å². The van der Waals surface area contributed by atoms with Gasteiger partial charge in [0.2, 0.25) is 0 Å². The molecule has 118 valence electrons. The first-order chi connectivity index (χ1) is 11.7. The average molecular weight is 319 g/mol. The van der Waals surface area contributed by atoms with Crippen molar-refractivity contribution in [1.29, 1.82) is 0 Å². The van der Waals surface area contributed by atoms with Crippen LogP contribution in [0.1, 0.15) is 5.56 Å². The topological polar surface area (TPSA) is 109 Å². The van der Waals surface area contributed by atoms with Crippen LogP contribution in [0.2, 0.25) is 0 Å². The smallest absolute Gasteiger partial charge is 0.253 e. The van der Waals surface area contributed by atoms with Crippen molar-refractivity contribution in [3.05, 3.63) is 54.6 Å². The summed E-state index contributed by atoms with van der Waals surface area (Å²) in [4.78, 5) is 13.3. The molecule has 8 nitrogen and oxygen atoms in total. The van der Waals surface area contributed by atoms with Crippen LogP contribution in [0.4, 0.5) is 5.82 Å². The largest absolute Gasteiger partial charge is 0.383 e. The number of pyridine rings is 1. The number of nitrogens with zero attached hydrogens (tertiary/aromatic N) is 6. The molecule has 4 aromatic heterocycles. The molecule has 0 aliphatic rings. The van der Waals surface area contributed by atoms with Crippen molar-refractivity contribution in [2.24, 2.45) is 0 Å². The molecule has 0 aromatic carbocycles. The Morgan fingerprint density at radius 3 is 2.50 bits per heavy atom. The van der Waals surface area contributed by atoms with E-state index in [0.717, 1.165) is 5.56 Å². The number of rotatable bonds is 3. The molecule has 24 heavy (non-hydrogen) atoms. The quantitative estimate of drug-likeness (QED) is 0.617. The normalized spacial score (nSPS) is 10.9. The van der Waals surface area contributed by atoms with Crippen LogP contribution in [0.3, 0.4) is 0 Å². The van der Waals surface area contributed by atoms with Crippen LogP contribution < -0.4 is 5.73 Å². The molecule has 4 heterocycles. The molecule has 0 saturated heterocycles. The van der Waals surface area contributed by atoms with E-state index < -0.39 is 0 Å². The number of anilines is 1. The summed E-state index contributed by atoms with van der Waals surface area (Å²) in [6, 6.07) is 9.15. The Morgan fingerprint density at radius 2 is 1.79 bits per heavy atom. The van der Waals surface area contributed by atoms with Crippen LogP contribution in [0.25, 0.3) is 28.7 Å². The third kappa shape index (κ3) is 2.39. The van der Waals surface area contributed by atoms with Gasteiger partial charge >= 0.3 is 0 Å². The van der Waals surface area contributed by atoms with Crippen LogP contribution in [-0.4, -0.2) is 29.9 Å². The Morgan fingerprint density at radius 1 is 1.00 bits per heavy atom. The maximum absolute atomic E-state index is 6.00. The molecule has 8 heteroatoms. The second kappa shape index (κ2) is 5.58. The van der Waals surface area contributed by atoms with Crippen LogP contribution in [-0.2, 0) is 0 Å². The maximum atomic E-state index is 6.00. The molecule has 0 radical (unpaired) electrons. The molecule has 0 fully saturated rings.